The van der Waals surface area contributed by atoms with Crippen LogP contribution in [0.4, 0.5) is 0 Å². The molecular weight excluding hydrogens is 164 g/mol. The Morgan fingerprint density at radius 1 is 1.54 bits per heavy atom. The first-order valence-corrected chi connectivity index (χ1v) is 5.36. The summed E-state index contributed by atoms with van der Waals surface area (Å²) in [5.74, 6) is 0.534. The zero-order valence-corrected chi connectivity index (χ0v) is 8.34. The summed E-state index contributed by atoms with van der Waals surface area (Å²) in [6, 6.07) is 0.688. The first-order chi connectivity index (χ1) is 6.27. The van der Waals surface area contributed by atoms with Crippen molar-refractivity contribution in [2.45, 2.75) is 37.8 Å². The van der Waals surface area contributed by atoms with E-state index in [0.717, 1.165) is 19.5 Å². The quantitative estimate of drug-likeness (QED) is 0.583. The summed E-state index contributed by atoms with van der Waals surface area (Å²) in [4.78, 5) is 0. The third kappa shape index (κ3) is 1.87. The number of nitrogens with one attached hydrogen (secondary N) is 2. The number of piperidine rings is 1. The fraction of sp³-hybridized carbons (Fsp3) is 1.00. The summed E-state index contributed by atoms with van der Waals surface area (Å²) >= 11 is 0. The molecular formula is C10H20N2O. The first kappa shape index (κ1) is 9.44. The van der Waals surface area contributed by atoms with Crippen molar-refractivity contribution < 1.29 is 5.11 Å². The van der Waals surface area contributed by atoms with Gasteiger partial charge in [0.2, 0.25) is 0 Å². The molecule has 0 radical (unpaired) electrons. The van der Waals surface area contributed by atoms with Gasteiger partial charge in [-0.3, -0.25) is 0 Å². The molecule has 3 heteroatoms. The minimum atomic E-state index is 0.00637. The number of hydrogen-bond donors (Lipinski definition) is 3. The lowest BCUT2D eigenvalue weighted by Gasteiger charge is -2.42. The summed E-state index contributed by atoms with van der Waals surface area (Å²) < 4.78 is 0. The number of hydrogen-bond acceptors (Lipinski definition) is 3. The highest BCUT2D eigenvalue weighted by atomic mass is 16.3. The van der Waals surface area contributed by atoms with Crippen LogP contribution in [0.3, 0.4) is 0 Å². The van der Waals surface area contributed by atoms with Crippen molar-refractivity contribution in [2.75, 3.05) is 19.7 Å². The standard InChI is InChI=1S/C10H20N2O/c1-8-6-11-5-4-10(8,7-13)12-9-2-3-9/h8-9,11-13H,2-7H2,1H3. The van der Waals surface area contributed by atoms with Crippen LogP contribution in [0, 0.1) is 5.92 Å². The van der Waals surface area contributed by atoms with Crippen molar-refractivity contribution in [2.24, 2.45) is 5.92 Å². The SMILES string of the molecule is CC1CNCCC1(CO)NC1CC1. The van der Waals surface area contributed by atoms with Crippen LogP contribution < -0.4 is 10.6 Å². The van der Waals surface area contributed by atoms with Crippen LogP contribution in [0.25, 0.3) is 0 Å². The molecule has 0 spiro atoms. The lowest BCUT2D eigenvalue weighted by atomic mass is 9.80. The van der Waals surface area contributed by atoms with Crippen molar-refractivity contribution in [3.05, 3.63) is 0 Å². The van der Waals surface area contributed by atoms with Crippen LogP contribution in [-0.4, -0.2) is 36.4 Å². The second-order valence-corrected chi connectivity index (χ2v) is 4.59. The van der Waals surface area contributed by atoms with Gasteiger partial charge in [0.05, 0.1) is 6.61 Å². The molecule has 2 unspecified atom stereocenters. The predicted molar refractivity (Wildman–Crippen MR) is 52.6 cm³/mol. The van der Waals surface area contributed by atoms with E-state index in [9.17, 15) is 5.11 Å². The molecule has 2 fully saturated rings. The van der Waals surface area contributed by atoms with Gasteiger partial charge in [-0.1, -0.05) is 6.92 Å². The molecule has 1 aliphatic carbocycles. The van der Waals surface area contributed by atoms with E-state index in [2.05, 4.69) is 17.6 Å². The Morgan fingerprint density at radius 2 is 2.31 bits per heavy atom. The fourth-order valence-corrected chi connectivity index (χ4v) is 2.20. The van der Waals surface area contributed by atoms with Crippen LogP contribution in [0.15, 0.2) is 0 Å². The molecule has 1 heterocycles. The van der Waals surface area contributed by atoms with E-state index in [0.29, 0.717) is 12.0 Å². The average Bonchev–Trinajstić information content (AvgIpc) is 2.93. The van der Waals surface area contributed by atoms with Crippen LogP contribution >= 0.6 is 0 Å². The van der Waals surface area contributed by atoms with Crippen molar-refractivity contribution in [1.82, 2.24) is 10.6 Å². The molecule has 2 atom stereocenters. The minimum Gasteiger partial charge on any atom is -0.394 e. The fourth-order valence-electron chi connectivity index (χ4n) is 2.20. The molecule has 13 heavy (non-hydrogen) atoms. The zero-order chi connectivity index (χ0) is 9.31. The van der Waals surface area contributed by atoms with Gasteiger partial charge in [0.25, 0.3) is 0 Å². The van der Waals surface area contributed by atoms with Gasteiger partial charge in [0.1, 0.15) is 0 Å². The molecule has 2 aliphatic rings. The number of rotatable bonds is 3. The Morgan fingerprint density at radius 3 is 2.85 bits per heavy atom. The predicted octanol–water partition coefficient (Wildman–Crippen LogP) is 0.0989. The number of aliphatic hydroxyl groups is 1. The molecule has 3 N–H and O–H groups in total. The molecule has 0 aromatic carbocycles. The smallest absolute Gasteiger partial charge is 0.0617 e. The molecule has 2 rings (SSSR count). The van der Waals surface area contributed by atoms with Crippen LogP contribution in [-0.2, 0) is 0 Å². The van der Waals surface area contributed by atoms with Gasteiger partial charge >= 0.3 is 0 Å². The van der Waals surface area contributed by atoms with Crippen molar-refractivity contribution >= 4 is 0 Å². The van der Waals surface area contributed by atoms with E-state index < -0.39 is 0 Å². The Kier molecular flexibility index (Phi) is 2.58. The van der Waals surface area contributed by atoms with E-state index in [1.807, 2.05) is 0 Å². The van der Waals surface area contributed by atoms with Crippen molar-refractivity contribution in [3.63, 3.8) is 0 Å². The highest BCUT2D eigenvalue weighted by Gasteiger charge is 2.41. The van der Waals surface area contributed by atoms with Crippen LogP contribution in [0.2, 0.25) is 0 Å². The Balaban J connectivity index is 2.00. The molecule has 0 amide bonds. The Bertz CT molecular complexity index is 182. The third-order valence-electron chi connectivity index (χ3n) is 3.49. The van der Waals surface area contributed by atoms with E-state index in [1.54, 1.807) is 0 Å². The Hall–Kier alpha value is -0.120. The summed E-state index contributed by atoms with van der Waals surface area (Å²) in [6.45, 7) is 4.56. The van der Waals surface area contributed by atoms with Crippen LogP contribution in [0.1, 0.15) is 26.2 Å². The lowest BCUT2D eigenvalue weighted by molar-refractivity contribution is 0.0812. The van der Waals surface area contributed by atoms with E-state index >= 15 is 0 Å². The maximum absolute atomic E-state index is 9.50. The minimum absolute atomic E-state index is 0.00637. The van der Waals surface area contributed by atoms with Gasteiger partial charge in [0, 0.05) is 11.6 Å². The van der Waals surface area contributed by atoms with Gasteiger partial charge in [0.15, 0.2) is 0 Å². The van der Waals surface area contributed by atoms with Crippen molar-refractivity contribution in [1.29, 1.82) is 0 Å². The molecule has 1 saturated carbocycles. The normalized spacial score (nSPS) is 40.6. The zero-order valence-electron chi connectivity index (χ0n) is 8.34. The maximum atomic E-state index is 9.50. The average molecular weight is 184 g/mol. The lowest BCUT2D eigenvalue weighted by Crippen LogP contribution is -2.61. The molecule has 76 valence electrons. The molecule has 0 aromatic rings. The highest BCUT2D eigenvalue weighted by Crippen LogP contribution is 2.30. The Labute approximate surface area is 79.9 Å². The van der Waals surface area contributed by atoms with Crippen molar-refractivity contribution in [3.8, 4) is 0 Å². The van der Waals surface area contributed by atoms with Gasteiger partial charge in [-0.05, 0) is 38.3 Å². The van der Waals surface area contributed by atoms with E-state index in [4.69, 9.17) is 0 Å². The van der Waals surface area contributed by atoms with Gasteiger partial charge < -0.3 is 15.7 Å². The monoisotopic (exact) mass is 184 g/mol. The molecule has 0 bridgehead atoms. The summed E-state index contributed by atoms with van der Waals surface area (Å²) in [5, 5.41) is 16.5. The third-order valence-corrected chi connectivity index (χ3v) is 3.49. The second-order valence-electron chi connectivity index (χ2n) is 4.59. The van der Waals surface area contributed by atoms with Gasteiger partial charge in [-0.2, -0.15) is 0 Å². The summed E-state index contributed by atoms with van der Waals surface area (Å²) in [6.07, 6.45) is 3.64. The maximum Gasteiger partial charge on any atom is 0.0617 e. The molecule has 0 aromatic heterocycles. The number of aliphatic hydroxyl groups excluding tert-OH is 1. The van der Waals surface area contributed by atoms with E-state index in [-0.39, 0.29) is 12.1 Å². The largest absolute Gasteiger partial charge is 0.394 e. The van der Waals surface area contributed by atoms with E-state index in [1.165, 1.54) is 12.8 Å². The van der Waals surface area contributed by atoms with Crippen LogP contribution in [0.5, 0.6) is 0 Å². The topological polar surface area (TPSA) is 44.3 Å². The molecule has 1 saturated heterocycles. The molecule has 3 nitrogen and oxygen atoms in total. The second kappa shape index (κ2) is 3.56. The highest BCUT2D eigenvalue weighted by molar-refractivity contribution is 5.01. The summed E-state index contributed by atoms with van der Waals surface area (Å²) in [5.41, 5.74) is 0.00637. The van der Waals surface area contributed by atoms with Gasteiger partial charge in [-0.15, -0.1) is 0 Å². The van der Waals surface area contributed by atoms with Gasteiger partial charge in [-0.25, -0.2) is 0 Å². The summed E-state index contributed by atoms with van der Waals surface area (Å²) in [7, 11) is 0. The molecule has 1 aliphatic heterocycles. The first-order valence-electron chi connectivity index (χ1n) is 5.36.